The summed E-state index contributed by atoms with van der Waals surface area (Å²) in [5, 5.41) is 10.3. The number of aromatic nitrogens is 2. The van der Waals surface area contributed by atoms with Gasteiger partial charge < -0.3 is 5.11 Å². The molecule has 1 rings (SSSR count). The summed E-state index contributed by atoms with van der Waals surface area (Å²) in [6, 6.07) is 0. The first kappa shape index (κ1) is 12.5. The van der Waals surface area contributed by atoms with Gasteiger partial charge in [0, 0.05) is 16.6 Å². The van der Waals surface area contributed by atoms with E-state index >= 15 is 0 Å². The van der Waals surface area contributed by atoms with Gasteiger partial charge in [-0.2, -0.15) is 0 Å². The first-order valence-electron chi connectivity index (χ1n) is 5.08. The number of aliphatic hydroxyl groups excluding tert-OH is 1. The lowest BCUT2D eigenvalue weighted by Gasteiger charge is -2.14. The molecule has 1 heterocycles. The Bertz CT molecular complexity index is 329. The SMILES string of the molecule is Cc1nc(SC(C)C(C)O)nc(C)c1C. The first-order chi connectivity index (χ1) is 6.91. The molecule has 84 valence electrons. The van der Waals surface area contributed by atoms with Gasteiger partial charge in [-0.25, -0.2) is 9.97 Å². The van der Waals surface area contributed by atoms with Crippen molar-refractivity contribution in [2.75, 3.05) is 0 Å². The average Bonchev–Trinajstić information content (AvgIpc) is 2.13. The van der Waals surface area contributed by atoms with Gasteiger partial charge in [-0.3, -0.25) is 0 Å². The molecule has 0 fully saturated rings. The third kappa shape index (κ3) is 3.18. The quantitative estimate of drug-likeness (QED) is 0.634. The van der Waals surface area contributed by atoms with Crippen LogP contribution in [0.4, 0.5) is 0 Å². The largest absolute Gasteiger partial charge is 0.392 e. The highest BCUT2D eigenvalue weighted by Gasteiger charge is 2.13. The highest BCUT2D eigenvalue weighted by Crippen LogP contribution is 2.23. The maximum atomic E-state index is 9.40. The van der Waals surface area contributed by atoms with E-state index in [-0.39, 0.29) is 11.4 Å². The first-order valence-corrected chi connectivity index (χ1v) is 5.96. The van der Waals surface area contributed by atoms with Gasteiger partial charge in [0.25, 0.3) is 0 Å². The minimum Gasteiger partial charge on any atom is -0.392 e. The molecule has 0 aliphatic heterocycles. The minimum atomic E-state index is -0.347. The molecule has 0 aromatic carbocycles. The summed E-state index contributed by atoms with van der Waals surface area (Å²) in [5.74, 6) is 0. The van der Waals surface area contributed by atoms with Crippen molar-refractivity contribution < 1.29 is 5.11 Å². The molecule has 4 heteroatoms. The lowest BCUT2D eigenvalue weighted by atomic mass is 10.2. The summed E-state index contributed by atoms with van der Waals surface area (Å²) < 4.78 is 0. The zero-order chi connectivity index (χ0) is 11.6. The number of nitrogens with zero attached hydrogens (tertiary/aromatic N) is 2. The Kier molecular flexibility index (Phi) is 4.11. The molecule has 0 spiro atoms. The lowest BCUT2D eigenvalue weighted by Crippen LogP contribution is -2.15. The van der Waals surface area contributed by atoms with Gasteiger partial charge in [0.2, 0.25) is 0 Å². The highest BCUT2D eigenvalue weighted by atomic mass is 32.2. The van der Waals surface area contributed by atoms with Crippen molar-refractivity contribution in [3.8, 4) is 0 Å². The topological polar surface area (TPSA) is 46.0 Å². The van der Waals surface area contributed by atoms with Crippen LogP contribution >= 0.6 is 11.8 Å². The summed E-state index contributed by atoms with van der Waals surface area (Å²) in [7, 11) is 0. The predicted octanol–water partition coefficient (Wildman–Crippen LogP) is 2.26. The van der Waals surface area contributed by atoms with E-state index in [1.807, 2.05) is 27.7 Å². The normalized spacial score (nSPS) is 15.1. The smallest absolute Gasteiger partial charge is 0.188 e. The summed E-state index contributed by atoms with van der Waals surface area (Å²) >= 11 is 1.52. The fourth-order valence-corrected chi connectivity index (χ4v) is 1.97. The molecule has 15 heavy (non-hydrogen) atoms. The third-order valence-electron chi connectivity index (χ3n) is 2.58. The summed E-state index contributed by atoms with van der Waals surface area (Å²) in [6.45, 7) is 9.76. The second-order valence-electron chi connectivity index (χ2n) is 3.87. The summed E-state index contributed by atoms with van der Waals surface area (Å²) in [4.78, 5) is 8.79. The van der Waals surface area contributed by atoms with Gasteiger partial charge in [0.1, 0.15) is 0 Å². The van der Waals surface area contributed by atoms with Crippen molar-refractivity contribution in [3.63, 3.8) is 0 Å². The van der Waals surface area contributed by atoms with E-state index in [1.165, 1.54) is 11.8 Å². The van der Waals surface area contributed by atoms with Crippen LogP contribution in [0.2, 0.25) is 0 Å². The van der Waals surface area contributed by atoms with Crippen LogP contribution in [0, 0.1) is 20.8 Å². The molecule has 0 amide bonds. The van der Waals surface area contributed by atoms with Crippen molar-refractivity contribution in [1.82, 2.24) is 9.97 Å². The van der Waals surface area contributed by atoms with E-state index in [0.29, 0.717) is 0 Å². The Hall–Kier alpha value is -0.610. The fraction of sp³-hybridized carbons (Fsp3) is 0.636. The van der Waals surface area contributed by atoms with Crippen molar-refractivity contribution in [1.29, 1.82) is 0 Å². The molecule has 0 aliphatic rings. The number of thioether (sulfide) groups is 1. The van der Waals surface area contributed by atoms with Crippen LogP contribution in [0.15, 0.2) is 5.16 Å². The van der Waals surface area contributed by atoms with Crippen LogP contribution in [-0.4, -0.2) is 26.4 Å². The monoisotopic (exact) mass is 226 g/mol. The van der Waals surface area contributed by atoms with Gasteiger partial charge in [0.15, 0.2) is 5.16 Å². The van der Waals surface area contributed by atoms with Crippen molar-refractivity contribution in [3.05, 3.63) is 17.0 Å². The number of aryl methyl sites for hydroxylation is 2. The van der Waals surface area contributed by atoms with E-state index in [1.54, 1.807) is 6.92 Å². The molecule has 2 atom stereocenters. The van der Waals surface area contributed by atoms with Crippen LogP contribution in [0.1, 0.15) is 30.8 Å². The van der Waals surface area contributed by atoms with E-state index < -0.39 is 0 Å². The zero-order valence-electron chi connectivity index (χ0n) is 9.90. The van der Waals surface area contributed by atoms with Crippen LogP contribution < -0.4 is 0 Å². The minimum absolute atomic E-state index is 0.117. The van der Waals surface area contributed by atoms with Gasteiger partial charge >= 0.3 is 0 Å². The molecule has 0 saturated heterocycles. The third-order valence-corrected chi connectivity index (χ3v) is 3.74. The molecule has 0 radical (unpaired) electrons. The van der Waals surface area contributed by atoms with Crippen molar-refractivity contribution in [2.24, 2.45) is 0 Å². The molecule has 0 bridgehead atoms. The number of aliphatic hydroxyl groups is 1. The second-order valence-corrected chi connectivity index (χ2v) is 5.21. The Balaban J connectivity index is 2.88. The zero-order valence-corrected chi connectivity index (χ0v) is 10.7. The van der Waals surface area contributed by atoms with Gasteiger partial charge in [-0.15, -0.1) is 0 Å². The van der Waals surface area contributed by atoms with E-state index in [2.05, 4.69) is 9.97 Å². The average molecular weight is 226 g/mol. The number of hydrogen-bond donors (Lipinski definition) is 1. The predicted molar refractivity (Wildman–Crippen MR) is 63.2 cm³/mol. The van der Waals surface area contributed by atoms with Gasteiger partial charge in [-0.05, 0) is 33.3 Å². The summed E-state index contributed by atoms with van der Waals surface area (Å²) in [6.07, 6.45) is -0.347. The van der Waals surface area contributed by atoms with Crippen LogP contribution in [-0.2, 0) is 0 Å². The Morgan fingerprint density at radius 3 is 1.93 bits per heavy atom. The molecule has 0 saturated carbocycles. The fourth-order valence-electron chi connectivity index (χ4n) is 1.06. The maximum Gasteiger partial charge on any atom is 0.188 e. The molecule has 1 aromatic heterocycles. The highest BCUT2D eigenvalue weighted by molar-refractivity contribution is 7.99. The number of hydrogen-bond acceptors (Lipinski definition) is 4. The van der Waals surface area contributed by atoms with Crippen LogP contribution in [0.3, 0.4) is 0 Å². The molecule has 2 unspecified atom stereocenters. The molecular weight excluding hydrogens is 208 g/mol. The molecule has 1 N–H and O–H groups in total. The number of rotatable bonds is 3. The van der Waals surface area contributed by atoms with Gasteiger partial charge in [0.05, 0.1) is 6.10 Å². The van der Waals surface area contributed by atoms with E-state index in [4.69, 9.17) is 0 Å². The molecular formula is C11H18N2OS. The molecule has 3 nitrogen and oxygen atoms in total. The van der Waals surface area contributed by atoms with Crippen molar-refractivity contribution >= 4 is 11.8 Å². The maximum absolute atomic E-state index is 9.40. The lowest BCUT2D eigenvalue weighted by molar-refractivity contribution is 0.196. The summed E-state index contributed by atoms with van der Waals surface area (Å²) in [5.41, 5.74) is 3.18. The van der Waals surface area contributed by atoms with Crippen LogP contribution in [0.5, 0.6) is 0 Å². The Morgan fingerprint density at radius 2 is 1.53 bits per heavy atom. The van der Waals surface area contributed by atoms with E-state index in [0.717, 1.165) is 22.1 Å². The second kappa shape index (κ2) is 4.94. The Labute approximate surface area is 95.3 Å². The Morgan fingerprint density at radius 1 is 1.07 bits per heavy atom. The van der Waals surface area contributed by atoms with E-state index in [9.17, 15) is 5.11 Å². The molecule has 1 aromatic rings. The van der Waals surface area contributed by atoms with Crippen LogP contribution in [0.25, 0.3) is 0 Å². The van der Waals surface area contributed by atoms with Gasteiger partial charge in [-0.1, -0.05) is 18.7 Å². The van der Waals surface area contributed by atoms with Crippen molar-refractivity contribution in [2.45, 2.75) is 51.1 Å². The molecule has 0 aliphatic carbocycles. The standard InChI is InChI=1S/C11H18N2OS/c1-6-7(2)12-11(13-8(6)3)15-10(5)9(4)14/h9-10,14H,1-5H3.